The van der Waals surface area contributed by atoms with Gasteiger partial charge in [-0.1, -0.05) is 0 Å². The van der Waals surface area contributed by atoms with Gasteiger partial charge in [0, 0.05) is 12.4 Å². The lowest BCUT2D eigenvalue weighted by atomic mass is 10.1. The first kappa shape index (κ1) is 11.1. The summed E-state index contributed by atoms with van der Waals surface area (Å²) in [7, 11) is 0. The fourth-order valence-corrected chi connectivity index (χ4v) is 1.96. The second-order valence-electron chi connectivity index (χ2n) is 4.16. The van der Waals surface area contributed by atoms with Crippen LogP contribution in [0.3, 0.4) is 0 Å². The molecule has 4 nitrogen and oxygen atoms in total. The summed E-state index contributed by atoms with van der Waals surface area (Å²) in [6.07, 6.45) is 5.51. The maximum absolute atomic E-state index is 11.8. The Labute approximate surface area is 95.5 Å². The van der Waals surface area contributed by atoms with E-state index in [9.17, 15) is 4.79 Å². The van der Waals surface area contributed by atoms with Crippen LogP contribution in [0.1, 0.15) is 31.4 Å². The van der Waals surface area contributed by atoms with Crippen molar-refractivity contribution in [2.24, 2.45) is 0 Å². The normalized spacial score (nSPS) is 21.7. The number of carbonyl (C=O) groups is 1. The van der Waals surface area contributed by atoms with Gasteiger partial charge in [0.2, 0.25) is 5.91 Å². The van der Waals surface area contributed by atoms with Crippen LogP contribution in [-0.2, 0) is 4.79 Å². The molecule has 1 fully saturated rings. The summed E-state index contributed by atoms with van der Waals surface area (Å²) in [5, 5.41) is 6.20. The molecular weight excluding hydrogens is 202 g/mol. The Kier molecular flexibility index (Phi) is 3.51. The number of hydrogen-bond acceptors (Lipinski definition) is 3. The van der Waals surface area contributed by atoms with Crippen LogP contribution in [0.2, 0.25) is 0 Å². The van der Waals surface area contributed by atoms with Crippen molar-refractivity contribution < 1.29 is 4.79 Å². The van der Waals surface area contributed by atoms with Gasteiger partial charge in [0.05, 0.1) is 12.1 Å². The van der Waals surface area contributed by atoms with E-state index in [1.165, 1.54) is 0 Å². The summed E-state index contributed by atoms with van der Waals surface area (Å²) in [6, 6.07) is 3.88. The van der Waals surface area contributed by atoms with Crippen molar-refractivity contribution in [2.75, 3.05) is 6.54 Å². The molecule has 0 spiro atoms. The van der Waals surface area contributed by atoms with Gasteiger partial charge in [-0.25, -0.2) is 0 Å². The first-order valence-corrected chi connectivity index (χ1v) is 5.71. The number of hydrogen-bond donors (Lipinski definition) is 2. The zero-order chi connectivity index (χ0) is 11.4. The Hall–Kier alpha value is -1.42. The molecule has 2 heterocycles. The van der Waals surface area contributed by atoms with Gasteiger partial charge in [-0.15, -0.1) is 0 Å². The quantitative estimate of drug-likeness (QED) is 0.797. The van der Waals surface area contributed by atoms with E-state index < -0.39 is 0 Å². The van der Waals surface area contributed by atoms with Gasteiger partial charge >= 0.3 is 0 Å². The molecule has 1 aromatic heterocycles. The standard InChI is InChI=1S/C12H17N3O/c1-9(10-4-7-13-8-5-10)15-12(16)11-3-2-6-14-11/h4-5,7-9,11,14H,2-3,6H2,1H3,(H,15,16)/t9-,11-/m0/s1. The van der Waals surface area contributed by atoms with Crippen LogP contribution >= 0.6 is 0 Å². The van der Waals surface area contributed by atoms with E-state index in [1.807, 2.05) is 19.1 Å². The monoisotopic (exact) mass is 219 g/mol. The van der Waals surface area contributed by atoms with E-state index in [1.54, 1.807) is 12.4 Å². The second kappa shape index (κ2) is 5.07. The molecule has 1 aliphatic heterocycles. The van der Waals surface area contributed by atoms with Crippen molar-refractivity contribution in [2.45, 2.75) is 31.8 Å². The summed E-state index contributed by atoms with van der Waals surface area (Å²) in [4.78, 5) is 15.8. The van der Waals surface area contributed by atoms with Crippen molar-refractivity contribution in [3.8, 4) is 0 Å². The lowest BCUT2D eigenvalue weighted by molar-refractivity contribution is -0.123. The molecule has 1 saturated heterocycles. The van der Waals surface area contributed by atoms with Gasteiger partial charge in [0.1, 0.15) is 0 Å². The number of carbonyl (C=O) groups excluding carboxylic acids is 1. The Balaban J connectivity index is 1.92. The topological polar surface area (TPSA) is 54.0 Å². The van der Waals surface area contributed by atoms with Crippen molar-refractivity contribution in [3.63, 3.8) is 0 Å². The Morgan fingerprint density at radius 1 is 1.56 bits per heavy atom. The van der Waals surface area contributed by atoms with E-state index in [0.29, 0.717) is 0 Å². The highest BCUT2D eigenvalue weighted by Crippen LogP contribution is 2.12. The Bertz CT molecular complexity index is 347. The van der Waals surface area contributed by atoms with Crippen LogP contribution in [-0.4, -0.2) is 23.5 Å². The SMILES string of the molecule is C[C@H](NC(=O)[C@@H]1CCCN1)c1ccncc1. The number of aromatic nitrogens is 1. The molecule has 0 saturated carbocycles. The molecule has 1 aliphatic rings. The molecule has 2 N–H and O–H groups in total. The Morgan fingerprint density at radius 2 is 2.31 bits per heavy atom. The molecule has 2 rings (SSSR count). The number of nitrogens with one attached hydrogen (secondary N) is 2. The smallest absolute Gasteiger partial charge is 0.237 e. The minimum Gasteiger partial charge on any atom is -0.348 e. The first-order valence-electron chi connectivity index (χ1n) is 5.71. The van der Waals surface area contributed by atoms with Crippen LogP contribution in [0.25, 0.3) is 0 Å². The maximum atomic E-state index is 11.8. The molecular formula is C12H17N3O. The van der Waals surface area contributed by atoms with Crippen molar-refractivity contribution >= 4 is 5.91 Å². The van der Waals surface area contributed by atoms with Crippen LogP contribution in [0.15, 0.2) is 24.5 Å². The van der Waals surface area contributed by atoms with Gasteiger partial charge < -0.3 is 10.6 Å². The van der Waals surface area contributed by atoms with E-state index in [-0.39, 0.29) is 18.0 Å². The molecule has 0 unspecified atom stereocenters. The van der Waals surface area contributed by atoms with Gasteiger partial charge in [-0.2, -0.15) is 0 Å². The fourth-order valence-electron chi connectivity index (χ4n) is 1.96. The molecule has 0 bridgehead atoms. The summed E-state index contributed by atoms with van der Waals surface area (Å²) in [6.45, 7) is 2.93. The van der Waals surface area contributed by atoms with Crippen LogP contribution in [0, 0.1) is 0 Å². The van der Waals surface area contributed by atoms with Gasteiger partial charge in [0.15, 0.2) is 0 Å². The van der Waals surface area contributed by atoms with E-state index in [2.05, 4.69) is 15.6 Å². The Morgan fingerprint density at radius 3 is 2.94 bits per heavy atom. The third-order valence-electron chi connectivity index (χ3n) is 2.94. The summed E-state index contributed by atoms with van der Waals surface area (Å²) < 4.78 is 0. The van der Waals surface area contributed by atoms with E-state index in [4.69, 9.17) is 0 Å². The molecule has 0 aliphatic carbocycles. The van der Waals surface area contributed by atoms with Crippen LogP contribution in [0.4, 0.5) is 0 Å². The molecule has 0 radical (unpaired) electrons. The van der Waals surface area contributed by atoms with Crippen molar-refractivity contribution in [3.05, 3.63) is 30.1 Å². The highest BCUT2D eigenvalue weighted by atomic mass is 16.2. The highest BCUT2D eigenvalue weighted by molar-refractivity contribution is 5.82. The molecule has 2 atom stereocenters. The highest BCUT2D eigenvalue weighted by Gasteiger charge is 2.23. The minimum atomic E-state index is -0.00992. The third-order valence-corrected chi connectivity index (χ3v) is 2.94. The molecule has 1 amide bonds. The number of pyridine rings is 1. The zero-order valence-corrected chi connectivity index (χ0v) is 9.44. The molecule has 86 valence electrons. The van der Waals surface area contributed by atoms with Gasteiger partial charge in [0.25, 0.3) is 0 Å². The summed E-state index contributed by atoms with van der Waals surface area (Å²) >= 11 is 0. The molecule has 0 aromatic carbocycles. The molecule has 1 aromatic rings. The number of rotatable bonds is 3. The summed E-state index contributed by atoms with van der Waals surface area (Å²) in [5.41, 5.74) is 1.08. The fraction of sp³-hybridized carbons (Fsp3) is 0.500. The minimum absolute atomic E-state index is 0.00992. The average molecular weight is 219 g/mol. The lowest BCUT2D eigenvalue weighted by Crippen LogP contribution is -2.41. The summed E-state index contributed by atoms with van der Waals surface area (Å²) in [5.74, 6) is 0.0989. The van der Waals surface area contributed by atoms with E-state index in [0.717, 1.165) is 24.9 Å². The maximum Gasteiger partial charge on any atom is 0.237 e. The number of nitrogens with zero attached hydrogens (tertiary/aromatic N) is 1. The third kappa shape index (κ3) is 2.58. The average Bonchev–Trinajstić information content (AvgIpc) is 2.83. The van der Waals surface area contributed by atoms with Crippen molar-refractivity contribution in [1.29, 1.82) is 0 Å². The first-order chi connectivity index (χ1) is 7.77. The predicted octanol–water partition coefficient (Wildman–Crippen LogP) is 1.01. The predicted molar refractivity (Wildman–Crippen MR) is 61.8 cm³/mol. The molecule has 16 heavy (non-hydrogen) atoms. The van der Waals surface area contributed by atoms with E-state index >= 15 is 0 Å². The second-order valence-corrected chi connectivity index (χ2v) is 4.16. The van der Waals surface area contributed by atoms with Crippen LogP contribution < -0.4 is 10.6 Å². The zero-order valence-electron chi connectivity index (χ0n) is 9.44. The van der Waals surface area contributed by atoms with Crippen LogP contribution in [0.5, 0.6) is 0 Å². The lowest BCUT2D eigenvalue weighted by Gasteiger charge is -2.17. The number of amides is 1. The largest absolute Gasteiger partial charge is 0.348 e. The molecule has 4 heteroatoms. The van der Waals surface area contributed by atoms with Crippen molar-refractivity contribution in [1.82, 2.24) is 15.6 Å². The van der Waals surface area contributed by atoms with Gasteiger partial charge in [-0.05, 0) is 44.0 Å². The van der Waals surface area contributed by atoms with Gasteiger partial charge in [-0.3, -0.25) is 9.78 Å².